The molecule has 1 aromatic carbocycles. The van der Waals surface area contributed by atoms with Gasteiger partial charge in [-0.25, -0.2) is 0 Å². The molecule has 1 fully saturated rings. The van der Waals surface area contributed by atoms with Gasteiger partial charge in [0.05, 0.1) is 12.6 Å². The molecule has 0 aliphatic carbocycles. The van der Waals surface area contributed by atoms with E-state index in [-0.39, 0.29) is 0 Å². The van der Waals surface area contributed by atoms with Crippen molar-refractivity contribution >= 4 is 5.71 Å². The maximum Gasteiger partial charge on any atom is 0.119 e. The highest BCUT2D eigenvalue weighted by molar-refractivity contribution is 5.89. The van der Waals surface area contributed by atoms with E-state index in [4.69, 9.17) is 4.74 Å². The van der Waals surface area contributed by atoms with Gasteiger partial charge in [0.25, 0.3) is 0 Å². The van der Waals surface area contributed by atoms with Crippen LogP contribution in [0.15, 0.2) is 29.4 Å². The van der Waals surface area contributed by atoms with Gasteiger partial charge in [0, 0.05) is 31.1 Å². The molecule has 3 rings (SSSR count). The minimum absolute atomic E-state index is 0.291. The molecule has 2 atom stereocenters. The first-order valence-electron chi connectivity index (χ1n) is 8.09. The lowest BCUT2D eigenvalue weighted by atomic mass is 9.86. The largest absolute Gasteiger partial charge is 0.494 e. The van der Waals surface area contributed by atoms with Crippen molar-refractivity contribution in [3.8, 4) is 5.75 Å². The summed E-state index contributed by atoms with van der Waals surface area (Å²) in [5, 5.41) is 4.58. The van der Waals surface area contributed by atoms with Crippen LogP contribution in [0.4, 0.5) is 0 Å². The second kappa shape index (κ2) is 6.48. The summed E-state index contributed by atoms with van der Waals surface area (Å²) in [6.45, 7) is 8.50. The molecule has 1 saturated heterocycles. The van der Waals surface area contributed by atoms with Gasteiger partial charge in [-0.2, -0.15) is 5.10 Å². The molecule has 2 unspecified atom stereocenters. The fourth-order valence-corrected chi connectivity index (χ4v) is 3.22. The molecule has 114 valence electrons. The number of rotatable bonds is 5. The molecule has 4 nitrogen and oxygen atoms in total. The average Bonchev–Trinajstić information content (AvgIpc) is 2.96. The fourth-order valence-electron chi connectivity index (χ4n) is 3.22. The van der Waals surface area contributed by atoms with Crippen molar-refractivity contribution in [2.24, 2.45) is 11.0 Å². The Morgan fingerprint density at radius 1 is 1.38 bits per heavy atom. The number of hydrogen-bond donors (Lipinski definition) is 1. The molecule has 2 aliphatic heterocycles. The van der Waals surface area contributed by atoms with E-state index >= 15 is 0 Å². The third-order valence-electron chi connectivity index (χ3n) is 4.45. The molecular formula is C17H25N3O. The first kappa shape index (κ1) is 14.4. The van der Waals surface area contributed by atoms with E-state index < -0.39 is 0 Å². The van der Waals surface area contributed by atoms with Gasteiger partial charge in [0.2, 0.25) is 0 Å². The maximum absolute atomic E-state index is 5.76. The Balaban J connectivity index is 1.75. The molecule has 2 aliphatic rings. The summed E-state index contributed by atoms with van der Waals surface area (Å²) in [5.74, 6) is 1.47. The van der Waals surface area contributed by atoms with Gasteiger partial charge in [0.1, 0.15) is 5.75 Å². The van der Waals surface area contributed by atoms with Crippen molar-refractivity contribution < 1.29 is 4.74 Å². The number of fused-ring (bicyclic) bond motifs is 1. The maximum atomic E-state index is 5.76. The molecule has 0 amide bonds. The third kappa shape index (κ3) is 3.05. The number of likely N-dealkylation sites (tertiary alicyclic amines) is 1. The Bertz CT molecular complexity index is 515. The van der Waals surface area contributed by atoms with Crippen LogP contribution in [-0.4, -0.2) is 36.9 Å². The summed E-state index contributed by atoms with van der Waals surface area (Å²) < 4.78 is 5.76. The summed E-state index contributed by atoms with van der Waals surface area (Å²) in [6, 6.07) is 8.76. The second-order valence-electron chi connectivity index (χ2n) is 5.88. The van der Waals surface area contributed by atoms with Crippen molar-refractivity contribution in [2.75, 3.05) is 26.2 Å². The summed E-state index contributed by atoms with van der Waals surface area (Å²) >= 11 is 0. The van der Waals surface area contributed by atoms with Gasteiger partial charge in [-0.1, -0.05) is 26.0 Å². The minimum atomic E-state index is 0.291. The molecule has 0 spiro atoms. The monoisotopic (exact) mass is 287 g/mol. The molecular weight excluding hydrogens is 262 g/mol. The van der Waals surface area contributed by atoms with Crippen LogP contribution in [-0.2, 0) is 0 Å². The van der Waals surface area contributed by atoms with Crippen LogP contribution >= 0.6 is 0 Å². The lowest BCUT2D eigenvalue weighted by molar-refractivity contribution is 0.238. The van der Waals surface area contributed by atoms with Crippen LogP contribution in [0, 0.1) is 5.92 Å². The molecule has 0 bridgehead atoms. The highest BCUT2D eigenvalue weighted by Crippen LogP contribution is 2.33. The van der Waals surface area contributed by atoms with E-state index in [2.05, 4.69) is 47.5 Å². The average molecular weight is 287 g/mol. The molecule has 21 heavy (non-hydrogen) atoms. The Hall–Kier alpha value is -1.55. The van der Waals surface area contributed by atoms with E-state index in [9.17, 15) is 0 Å². The van der Waals surface area contributed by atoms with Crippen LogP contribution in [0.25, 0.3) is 0 Å². The van der Waals surface area contributed by atoms with E-state index in [0.29, 0.717) is 12.0 Å². The predicted molar refractivity (Wildman–Crippen MR) is 85.8 cm³/mol. The molecule has 4 heteroatoms. The topological polar surface area (TPSA) is 36.9 Å². The van der Waals surface area contributed by atoms with Gasteiger partial charge in [-0.15, -0.1) is 0 Å². The zero-order chi connectivity index (χ0) is 14.7. The SMILES string of the molecule is CCCOc1cccc(C2NN=C3CCN(CC)CC32)c1. The Morgan fingerprint density at radius 2 is 2.29 bits per heavy atom. The van der Waals surface area contributed by atoms with Gasteiger partial charge in [0.15, 0.2) is 0 Å². The minimum Gasteiger partial charge on any atom is -0.494 e. The van der Waals surface area contributed by atoms with Crippen LogP contribution in [0.3, 0.4) is 0 Å². The van der Waals surface area contributed by atoms with Crippen molar-refractivity contribution in [3.05, 3.63) is 29.8 Å². The van der Waals surface area contributed by atoms with Crippen molar-refractivity contribution in [1.82, 2.24) is 10.3 Å². The van der Waals surface area contributed by atoms with Gasteiger partial charge < -0.3 is 15.1 Å². The molecule has 0 saturated carbocycles. The number of hydrazone groups is 1. The van der Waals surface area contributed by atoms with Crippen molar-refractivity contribution in [2.45, 2.75) is 32.7 Å². The highest BCUT2D eigenvalue weighted by Gasteiger charge is 2.36. The highest BCUT2D eigenvalue weighted by atomic mass is 16.5. The van der Waals surface area contributed by atoms with Gasteiger partial charge in [-0.3, -0.25) is 0 Å². The summed E-state index contributed by atoms with van der Waals surface area (Å²) in [7, 11) is 0. The Labute approximate surface area is 127 Å². The normalized spacial score (nSPS) is 25.1. The standard InChI is InChI=1S/C17H25N3O/c1-3-10-21-14-7-5-6-13(11-14)17-15-12-20(4-2)9-8-16(15)18-19-17/h5-7,11,15,17,19H,3-4,8-10,12H2,1-2H3. The summed E-state index contributed by atoms with van der Waals surface area (Å²) in [5.41, 5.74) is 5.97. The van der Waals surface area contributed by atoms with Crippen molar-refractivity contribution in [1.29, 1.82) is 0 Å². The zero-order valence-corrected chi connectivity index (χ0v) is 13.0. The number of hydrogen-bond acceptors (Lipinski definition) is 4. The fraction of sp³-hybridized carbons (Fsp3) is 0.588. The Morgan fingerprint density at radius 3 is 3.10 bits per heavy atom. The number of nitrogens with one attached hydrogen (secondary N) is 1. The number of benzene rings is 1. The number of piperidine rings is 1. The van der Waals surface area contributed by atoms with E-state index in [0.717, 1.165) is 44.8 Å². The Kier molecular flexibility index (Phi) is 4.44. The molecule has 1 N–H and O–H groups in total. The smallest absolute Gasteiger partial charge is 0.119 e. The first-order valence-corrected chi connectivity index (χ1v) is 8.09. The van der Waals surface area contributed by atoms with E-state index in [1.54, 1.807) is 0 Å². The molecule has 0 radical (unpaired) electrons. The third-order valence-corrected chi connectivity index (χ3v) is 4.45. The predicted octanol–water partition coefficient (Wildman–Crippen LogP) is 2.82. The molecule has 0 aromatic heterocycles. The molecule has 1 aromatic rings. The van der Waals surface area contributed by atoms with Crippen LogP contribution in [0.5, 0.6) is 5.75 Å². The van der Waals surface area contributed by atoms with Crippen LogP contribution in [0.2, 0.25) is 0 Å². The van der Waals surface area contributed by atoms with Gasteiger partial charge in [-0.05, 0) is 30.7 Å². The second-order valence-corrected chi connectivity index (χ2v) is 5.88. The summed E-state index contributed by atoms with van der Waals surface area (Å²) in [6.07, 6.45) is 2.13. The zero-order valence-electron chi connectivity index (χ0n) is 13.0. The van der Waals surface area contributed by atoms with E-state index in [1.165, 1.54) is 11.3 Å². The summed E-state index contributed by atoms with van der Waals surface area (Å²) in [4.78, 5) is 2.52. The number of ether oxygens (including phenoxy) is 1. The first-order chi connectivity index (χ1) is 10.3. The van der Waals surface area contributed by atoms with Gasteiger partial charge >= 0.3 is 0 Å². The quantitative estimate of drug-likeness (QED) is 0.905. The lowest BCUT2D eigenvalue weighted by Crippen LogP contribution is -2.41. The molecule has 2 heterocycles. The lowest BCUT2D eigenvalue weighted by Gasteiger charge is -2.32. The van der Waals surface area contributed by atoms with Crippen LogP contribution in [0.1, 0.15) is 38.3 Å². The van der Waals surface area contributed by atoms with Crippen molar-refractivity contribution in [3.63, 3.8) is 0 Å². The van der Waals surface area contributed by atoms with E-state index in [1.807, 2.05) is 6.07 Å². The van der Waals surface area contributed by atoms with Crippen LogP contribution < -0.4 is 10.2 Å². The number of nitrogens with zero attached hydrogens (tertiary/aromatic N) is 2.